The van der Waals surface area contributed by atoms with Gasteiger partial charge in [-0.25, -0.2) is 4.98 Å². The van der Waals surface area contributed by atoms with Gasteiger partial charge < -0.3 is 0 Å². The third kappa shape index (κ3) is 1.83. The van der Waals surface area contributed by atoms with Crippen LogP contribution in [0.2, 0.25) is 0 Å². The molecule has 0 N–H and O–H groups in total. The van der Waals surface area contributed by atoms with Crippen LogP contribution in [0.25, 0.3) is 60.6 Å². The van der Waals surface area contributed by atoms with Crippen LogP contribution in [0.1, 0.15) is 0 Å². The normalized spacial score (nSPS) is 12.1. The predicted molar refractivity (Wildman–Crippen MR) is 121 cm³/mol. The van der Waals surface area contributed by atoms with E-state index in [0.29, 0.717) is 0 Å². The number of nitrogens with zero attached hydrogens (tertiary/aromatic N) is 2. The lowest BCUT2D eigenvalue weighted by molar-refractivity contribution is 1.08. The number of benzene rings is 4. The summed E-state index contributed by atoms with van der Waals surface area (Å²) in [5, 5.41) is 5.26. The zero-order valence-electron chi connectivity index (χ0n) is 15.6. The van der Waals surface area contributed by atoms with E-state index >= 15 is 0 Å². The van der Waals surface area contributed by atoms with Crippen LogP contribution in [0.15, 0.2) is 97.2 Å². The van der Waals surface area contributed by atoms with Gasteiger partial charge in [-0.2, -0.15) is 0 Å². The Balaban J connectivity index is 1.77. The van der Waals surface area contributed by atoms with Gasteiger partial charge in [0.2, 0.25) is 0 Å². The van der Waals surface area contributed by atoms with Crippen molar-refractivity contribution >= 4 is 32.6 Å². The van der Waals surface area contributed by atoms with E-state index in [4.69, 9.17) is 0 Å². The van der Waals surface area contributed by atoms with Crippen LogP contribution in [0.3, 0.4) is 0 Å². The summed E-state index contributed by atoms with van der Waals surface area (Å²) in [6.45, 7) is 0. The predicted octanol–water partition coefficient (Wildman–Crippen LogP) is 6.98. The first kappa shape index (κ1) is 15.1. The van der Waals surface area contributed by atoms with E-state index in [9.17, 15) is 0 Å². The maximum absolute atomic E-state index is 4.68. The molecule has 2 heteroatoms. The molecule has 0 unspecified atom stereocenters. The zero-order valence-corrected chi connectivity index (χ0v) is 15.6. The van der Waals surface area contributed by atoms with E-state index in [-0.39, 0.29) is 0 Å². The summed E-state index contributed by atoms with van der Waals surface area (Å²) < 4.78 is 2.30. The second-order valence-corrected chi connectivity index (χ2v) is 7.63. The summed E-state index contributed by atoms with van der Waals surface area (Å²) in [6.07, 6.45) is 1.86. The van der Waals surface area contributed by atoms with Gasteiger partial charge in [-0.1, -0.05) is 66.7 Å². The highest BCUT2D eigenvalue weighted by Gasteiger charge is 2.25. The van der Waals surface area contributed by atoms with Crippen LogP contribution in [-0.4, -0.2) is 9.55 Å². The number of fused-ring (bicyclic) bond motifs is 7. The molecule has 2 heterocycles. The number of hydrogen-bond donors (Lipinski definition) is 0. The number of pyridine rings is 1. The van der Waals surface area contributed by atoms with E-state index in [2.05, 4.69) is 94.5 Å². The number of para-hydroxylation sites is 1. The molecular formula is C27H16N2. The molecular weight excluding hydrogens is 352 g/mol. The van der Waals surface area contributed by atoms with Crippen LogP contribution in [-0.2, 0) is 0 Å². The Morgan fingerprint density at radius 1 is 0.517 bits per heavy atom. The lowest BCUT2D eigenvalue weighted by Crippen LogP contribution is -1.96. The van der Waals surface area contributed by atoms with Crippen LogP contribution in [0.5, 0.6) is 0 Å². The number of hydrogen-bond acceptors (Lipinski definition) is 1. The quantitative estimate of drug-likeness (QED) is 0.306. The topological polar surface area (TPSA) is 17.8 Å². The van der Waals surface area contributed by atoms with E-state index in [1.54, 1.807) is 0 Å². The van der Waals surface area contributed by atoms with Crippen molar-refractivity contribution in [3.05, 3.63) is 97.2 Å². The van der Waals surface area contributed by atoms with Crippen molar-refractivity contribution in [3.8, 4) is 28.1 Å². The first-order chi connectivity index (χ1) is 14.4. The molecule has 0 fully saturated rings. The Hall–Kier alpha value is -3.91. The Bertz CT molecular complexity index is 1590. The molecule has 4 aromatic carbocycles. The molecule has 134 valence electrons. The molecule has 0 bridgehead atoms. The third-order valence-electron chi connectivity index (χ3n) is 6.18. The fourth-order valence-electron chi connectivity index (χ4n) is 5.06. The minimum Gasteiger partial charge on any atom is -0.294 e. The summed E-state index contributed by atoms with van der Waals surface area (Å²) in [5.41, 5.74) is 7.70. The average molecular weight is 368 g/mol. The Kier molecular flexibility index (Phi) is 2.77. The monoisotopic (exact) mass is 368 g/mol. The van der Waals surface area contributed by atoms with Crippen LogP contribution >= 0.6 is 0 Å². The smallest absolute Gasteiger partial charge is 0.137 e. The van der Waals surface area contributed by atoms with Crippen molar-refractivity contribution < 1.29 is 0 Å². The minimum atomic E-state index is 0.952. The van der Waals surface area contributed by atoms with Crippen LogP contribution < -0.4 is 0 Å². The molecule has 2 aromatic heterocycles. The molecule has 0 atom stereocenters. The van der Waals surface area contributed by atoms with Crippen molar-refractivity contribution in [2.75, 3.05) is 0 Å². The van der Waals surface area contributed by atoms with Gasteiger partial charge >= 0.3 is 0 Å². The summed E-state index contributed by atoms with van der Waals surface area (Å²) in [5.74, 6) is 0.952. The molecule has 1 aliphatic rings. The molecule has 1 aliphatic carbocycles. The summed E-state index contributed by atoms with van der Waals surface area (Å²) >= 11 is 0. The summed E-state index contributed by atoms with van der Waals surface area (Å²) in [4.78, 5) is 4.68. The maximum Gasteiger partial charge on any atom is 0.137 e. The van der Waals surface area contributed by atoms with E-state index in [1.165, 1.54) is 54.8 Å². The van der Waals surface area contributed by atoms with Crippen molar-refractivity contribution in [3.63, 3.8) is 0 Å². The highest BCUT2D eigenvalue weighted by atomic mass is 15.1. The molecule has 0 saturated carbocycles. The Morgan fingerprint density at radius 2 is 1.24 bits per heavy atom. The highest BCUT2D eigenvalue weighted by molar-refractivity contribution is 6.29. The molecule has 0 spiro atoms. The third-order valence-corrected chi connectivity index (χ3v) is 6.18. The van der Waals surface area contributed by atoms with Gasteiger partial charge in [0.05, 0.1) is 11.0 Å². The first-order valence-electron chi connectivity index (χ1n) is 9.92. The van der Waals surface area contributed by atoms with Crippen molar-refractivity contribution in [1.82, 2.24) is 9.55 Å². The standard InChI is InChI=1S/C27H16N2/c1-2-9-18-17(8-1)19-11-7-12-21-26(19)22(18)16-24-27(21)20-10-3-4-13-23(20)29(24)25-14-5-6-15-28-25/h1-16H. The van der Waals surface area contributed by atoms with Gasteiger partial charge in [-0.3, -0.25) is 4.57 Å². The van der Waals surface area contributed by atoms with Gasteiger partial charge in [0.25, 0.3) is 0 Å². The van der Waals surface area contributed by atoms with Crippen LogP contribution in [0.4, 0.5) is 0 Å². The van der Waals surface area contributed by atoms with E-state index in [1.807, 2.05) is 12.3 Å². The Morgan fingerprint density at radius 3 is 2.10 bits per heavy atom. The molecule has 7 rings (SSSR count). The van der Waals surface area contributed by atoms with Crippen molar-refractivity contribution in [2.24, 2.45) is 0 Å². The lowest BCUT2D eigenvalue weighted by atomic mass is 9.98. The van der Waals surface area contributed by atoms with Gasteiger partial charge in [0.15, 0.2) is 0 Å². The second kappa shape index (κ2) is 5.33. The lowest BCUT2D eigenvalue weighted by Gasteiger charge is -2.09. The molecule has 0 aliphatic heterocycles. The van der Waals surface area contributed by atoms with Gasteiger partial charge in [-0.05, 0) is 57.3 Å². The van der Waals surface area contributed by atoms with Gasteiger partial charge in [0, 0.05) is 17.0 Å². The highest BCUT2D eigenvalue weighted by Crippen LogP contribution is 2.50. The summed E-state index contributed by atoms with van der Waals surface area (Å²) in [7, 11) is 0. The fraction of sp³-hybridized carbons (Fsp3) is 0. The molecule has 0 saturated heterocycles. The SMILES string of the molecule is c1ccc(-n2c3ccccc3c3c4cccc5c4c(cc32)-c2ccccc2-5)nc1. The molecule has 6 aromatic rings. The number of aromatic nitrogens is 2. The molecule has 0 radical (unpaired) electrons. The van der Waals surface area contributed by atoms with Crippen molar-refractivity contribution in [1.29, 1.82) is 0 Å². The minimum absolute atomic E-state index is 0.952. The zero-order chi connectivity index (χ0) is 18.9. The molecule has 0 amide bonds. The number of rotatable bonds is 1. The van der Waals surface area contributed by atoms with Crippen molar-refractivity contribution in [2.45, 2.75) is 0 Å². The summed E-state index contributed by atoms with van der Waals surface area (Å²) in [6, 6.07) is 32.6. The van der Waals surface area contributed by atoms with E-state index in [0.717, 1.165) is 5.82 Å². The largest absolute Gasteiger partial charge is 0.294 e. The fourth-order valence-corrected chi connectivity index (χ4v) is 5.06. The molecule has 2 nitrogen and oxygen atoms in total. The van der Waals surface area contributed by atoms with Gasteiger partial charge in [-0.15, -0.1) is 0 Å². The van der Waals surface area contributed by atoms with Gasteiger partial charge in [0.1, 0.15) is 5.82 Å². The first-order valence-corrected chi connectivity index (χ1v) is 9.92. The molecule has 29 heavy (non-hydrogen) atoms. The second-order valence-electron chi connectivity index (χ2n) is 7.63. The maximum atomic E-state index is 4.68. The Labute approximate surface area is 167 Å². The van der Waals surface area contributed by atoms with E-state index < -0.39 is 0 Å². The average Bonchev–Trinajstić information content (AvgIpc) is 3.29. The van der Waals surface area contributed by atoms with Crippen LogP contribution in [0, 0.1) is 0 Å².